The highest BCUT2D eigenvalue weighted by molar-refractivity contribution is 6.36. The van der Waals surface area contributed by atoms with Crippen LogP contribution in [-0.4, -0.2) is 189 Å². The Morgan fingerprint density at radius 1 is 0.973 bits per heavy atom. The van der Waals surface area contributed by atoms with Crippen LogP contribution in [0.5, 0.6) is 11.5 Å². The number of nitrogens with zero attached hydrogens (tertiary/aromatic N) is 4. The number of hydrogen-bond acceptors (Lipinski definition) is 18. The van der Waals surface area contributed by atoms with E-state index in [1.165, 1.54) is 31.5 Å². The fourth-order valence-electron chi connectivity index (χ4n) is 11.4. The number of esters is 2. The molecular weight excluding hydrogens is 1020 g/mol. The molecule has 5 heterocycles. The largest absolute Gasteiger partial charge is 0.493 e. The third-order valence-electron chi connectivity index (χ3n) is 15.6. The number of carbonyl (C=O) groups excluding carboxylic acids is 5. The van der Waals surface area contributed by atoms with Crippen molar-refractivity contribution in [3.8, 4) is 11.5 Å². The van der Waals surface area contributed by atoms with Gasteiger partial charge in [-0.2, -0.15) is 0 Å². The summed E-state index contributed by atoms with van der Waals surface area (Å²) in [7, 11) is 6.72. The van der Waals surface area contributed by atoms with E-state index in [9.17, 15) is 24.3 Å². The number of aliphatic hydroxyl groups excluding tert-OH is 1. The maximum Gasteiger partial charge on any atom is 0.410 e. The number of rotatable bonds is 17. The third kappa shape index (κ3) is 13.8. The molecule has 4 saturated heterocycles. The molecule has 1 aromatic heterocycles. The van der Waals surface area contributed by atoms with Gasteiger partial charge in [0.15, 0.2) is 29.2 Å². The van der Waals surface area contributed by atoms with Crippen molar-refractivity contribution >= 4 is 52.8 Å². The first-order chi connectivity index (χ1) is 35.5. The number of morpholine rings is 1. The number of amides is 1. The molecule has 0 aliphatic carbocycles. The van der Waals surface area contributed by atoms with Gasteiger partial charge in [-0.1, -0.05) is 50.9 Å². The summed E-state index contributed by atoms with van der Waals surface area (Å²) in [6.45, 7) is 16.1. The number of aliphatic hydroxyl groups is 1. The monoisotopic (exact) mass is 1090 g/mol. The Labute approximate surface area is 451 Å². The van der Waals surface area contributed by atoms with Gasteiger partial charge in [0, 0.05) is 80.5 Å². The molecule has 0 bridgehead atoms. The standard InChI is InChI=1S/C54H78Cl2N4O15/c1-13-43-54(8)48(60(52(66)75-54)17-14-20-70-42-24-35(15-16-41(42)67-11)40(61)25-36-37(55)27-57-28-38(36)56)32(4)45(63)30(2)26-53(7,68-12)49(74-51-46(64)39(58(9)10)23-31(3)71-51)33(5)47(34(6)50(65)72-43)73-44(62)29-59-18-21-69-22-19-59/h15-16,24,27-28,30-34,39,43,46-49,51,64H,13-14,17-23,25-26,29H2,1-12H3/t30-,31-,32+,33+,34-,39+,43-,46-,47+,48-,49-,51+,53-,54-/m1/s1. The summed E-state index contributed by atoms with van der Waals surface area (Å²) >= 11 is 12.6. The van der Waals surface area contributed by atoms with Gasteiger partial charge in [-0.25, -0.2) is 4.79 Å². The van der Waals surface area contributed by atoms with Gasteiger partial charge in [0.1, 0.15) is 24.1 Å². The SMILES string of the molecule is CC[C@H]1OC(=O)[C@H](C)[C@@H](OC(=O)CN2CCOCC2)[C@H](C)[C@@H](O[C@@H]2O[C@H](C)C[C@H](N(C)C)[C@H]2O)[C@](C)(OC)C[C@@H](C)C(=O)[C@H](C)[C@H]2N(CCCOc3cc(C(=O)Cc4c(Cl)cncc4Cl)ccc3OC)C(=O)O[C@]12C. The minimum atomic E-state index is -1.54. The topological polar surface area (TPSA) is 211 Å². The van der Waals surface area contributed by atoms with Crippen LogP contribution >= 0.6 is 23.2 Å². The van der Waals surface area contributed by atoms with Crippen molar-refractivity contribution in [1.29, 1.82) is 0 Å². The number of likely N-dealkylation sites (N-methyl/N-ethyl adjacent to an activating group) is 1. The molecular formula is C54H78Cl2N4O15. The van der Waals surface area contributed by atoms with E-state index in [1.807, 2.05) is 30.8 Å². The van der Waals surface area contributed by atoms with Crippen LogP contribution in [0.25, 0.3) is 0 Å². The predicted octanol–water partition coefficient (Wildman–Crippen LogP) is 6.47. The van der Waals surface area contributed by atoms with Crippen LogP contribution in [0.15, 0.2) is 30.6 Å². The lowest BCUT2D eigenvalue weighted by atomic mass is 9.73. The third-order valence-corrected chi connectivity index (χ3v) is 16.3. The lowest BCUT2D eigenvalue weighted by Gasteiger charge is -2.48. The highest BCUT2D eigenvalue weighted by atomic mass is 35.5. The second kappa shape index (κ2) is 26.0. The molecule has 0 unspecified atom stereocenters. The van der Waals surface area contributed by atoms with Crippen LogP contribution in [0.3, 0.4) is 0 Å². The van der Waals surface area contributed by atoms with Gasteiger partial charge in [-0.05, 0) is 85.7 Å². The van der Waals surface area contributed by atoms with Crippen LogP contribution in [-0.2, 0) is 54.0 Å². The summed E-state index contributed by atoms with van der Waals surface area (Å²) in [4.78, 5) is 81.0. The Morgan fingerprint density at radius 3 is 2.28 bits per heavy atom. The smallest absolute Gasteiger partial charge is 0.410 e. The normalized spacial score (nSPS) is 33.3. The van der Waals surface area contributed by atoms with Gasteiger partial charge in [0.25, 0.3) is 0 Å². The second-order valence-corrected chi connectivity index (χ2v) is 22.0. The predicted molar refractivity (Wildman–Crippen MR) is 277 cm³/mol. The van der Waals surface area contributed by atoms with Crippen LogP contribution < -0.4 is 9.47 Å². The number of cyclic esters (lactones) is 1. The minimum absolute atomic E-state index is 0.0521. The number of hydrogen-bond donors (Lipinski definition) is 1. The van der Waals surface area contributed by atoms with Crippen LogP contribution in [0.1, 0.15) is 97.0 Å². The molecule has 4 fully saturated rings. The summed E-state index contributed by atoms with van der Waals surface area (Å²) in [5, 5.41) is 12.3. The fraction of sp³-hybridized carbons (Fsp3) is 0.704. The maximum atomic E-state index is 15.1. The summed E-state index contributed by atoms with van der Waals surface area (Å²) in [6, 6.07) is 3.51. The van der Waals surface area contributed by atoms with Gasteiger partial charge in [0.05, 0.1) is 73.3 Å². The van der Waals surface area contributed by atoms with E-state index >= 15 is 4.79 Å². The van der Waals surface area contributed by atoms with Gasteiger partial charge in [0.2, 0.25) is 0 Å². The number of fused-ring (bicyclic) bond motifs is 1. The molecule has 0 saturated carbocycles. The fourth-order valence-corrected chi connectivity index (χ4v) is 11.9. The molecule has 6 rings (SSSR count). The number of halogens is 2. The van der Waals surface area contributed by atoms with Crippen molar-refractivity contribution in [3.05, 3.63) is 51.8 Å². The van der Waals surface area contributed by atoms with Gasteiger partial charge < -0.3 is 57.5 Å². The molecule has 0 radical (unpaired) electrons. The molecule has 14 atom stereocenters. The number of benzene rings is 1. The second-order valence-electron chi connectivity index (χ2n) is 21.2. The molecule has 75 heavy (non-hydrogen) atoms. The number of ketones is 2. The van der Waals surface area contributed by atoms with Gasteiger partial charge in [-0.15, -0.1) is 0 Å². The molecule has 4 aliphatic heterocycles. The first-order valence-corrected chi connectivity index (χ1v) is 26.8. The average Bonchev–Trinajstić information content (AvgIpc) is 3.64. The Kier molecular flexibility index (Phi) is 20.8. The molecule has 1 aromatic carbocycles. The summed E-state index contributed by atoms with van der Waals surface area (Å²) in [6.07, 6.45) is -2.84. The molecule has 1 amide bonds. The molecule has 1 N–H and O–H groups in total. The van der Waals surface area contributed by atoms with Gasteiger partial charge >= 0.3 is 18.0 Å². The van der Waals surface area contributed by atoms with Crippen molar-refractivity contribution in [1.82, 2.24) is 19.7 Å². The van der Waals surface area contributed by atoms with Gasteiger partial charge in [-0.3, -0.25) is 29.1 Å². The molecule has 21 heteroatoms. The first kappa shape index (κ1) is 60.1. The highest BCUT2D eigenvalue weighted by Gasteiger charge is 2.60. The number of carbonyl (C=O) groups is 5. The van der Waals surface area contributed by atoms with Crippen LogP contribution in [0.2, 0.25) is 10.0 Å². The Bertz CT molecular complexity index is 2300. The van der Waals surface area contributed by atoms with Crippen molar-refractivity contribution in [2.75, 3.05) is 74.3 Å². The van der Waals surface area contributed by atoms with Crippen LogP contribution in [0.4, 0.5) is 4.79 Å². The molecule has 4 aliphatic rings. The summed E-state index contributed by atoms with van der Waals surface area (Å²) < 4.78 is 56.0. The number of Topliss-reactive ketones (excluding diaryl/α,β-unsaturated/α-hetero) is 2. The Hall–Kier alpha value is -4.18. The lowest BCUT2D eigenvalue weighted by Crippen LogP contribution is -2.61. The zero-order chi connectivity index (χ0) is 55.1. The Balaban J connectivity index is 1.32. The van der Waals surface area contributed by atoms with E-state index < -0.39 is 89.7 Å². The van der Waals surface area contributed by atoms with E-state index in [-0.39, 0.29) is 84.9 Å². The lowest BCUT2D eigenvalue weighted by molar-refractivity contribution is -0.301. The van der Waals surface area contributed by atoms with Crippen molar-refractivity contribution in [3.63, 3.8) is 0 Å². The van der Waals surface area contributed by atoms with E-state index in [0.717, 1.165) is 0 Å². The zero-order valence-electron chi connectivity index (χ0n) is 45.5. The number of ether oxygens (including phenoxy) is 9. The molecule has 19 nitrogen and oxygen atoms in total. The summed E-state index contributed by atoms with van der Waals surface area (Å²) in [5.41, 5.74) is -2.12. The number of aromatic nitrogens is 1. The summed E-state index contributed by atoms with van der Waals surface area (Å²) in [5.74, 6) is -4.74. The maximum absolute atomic E-state index is 15.1. The van der Waals surface area contributed by atoms with Crippen molar-refractivity contribution in [2.45, 2.75) is 148 Å². The molecule has 0 spiro atoms. The molecule has 418 valence electrons. The van der Waals surface area contributed by atoms with E-state index in [4.69, 9.17) is 65.8 Å². The van der Waals surface area contributed by atoms with Crippen molar-refractivity contribution in [2.24, 2.45) is 23.7 Å². The van der Waals surface area contributed by atoms with Crippen LogP contribution in [0, 0.1) is 23.7 Å². The molecule has 2 aromatic rings. The van der Waals surface area contributed by atoms with E-state index in [2.05, 4.69) is 4.98 Å². The first-order valence-electron chi connectivity index (χ1n) is 26.0. The van der Waals surface area contributed by atoms with E-state index in [0.29, 0.717) is 49.6 Å². The number of methoxy groups -OCH3 is 2. The van der Waals surface area contributed by atoms with E-state index in [1.54, 1.807) is 66.7 Å². The van der Waals surface area contributed by atoms with Crippen molar-refractivity contribution < 1.29 is 71.7 Å². The number of pyridine rings is 1. The highest BCUT2D eigenvalue weighted by Crippen LogP contribution is 2.44. The zero-order valence-corrected chi connectivity index (χ0v) is 47.0. The quantitative estimate of drug-likeness (QED) is 0.0778. The average molecular weight is 1090 g/mol. The minimum Gasteiger partial charge on any atom is -0.493 e. The Morgan fingerprint density at radius 2 is 1.65 bits per heavy atom.